The van der Waals surface area contributed by atoms with Crippen LogP contribution in [0.1, 0.15) is 18.4 Å². The molecule has 0 amide bonds. The van der Waals surface area contributed by atoms with Crippen LogP contribution in [0.5, 0.6) is 0 Å². The zero-order valence-electron chi connectivity index (χ0n) is 12.2. The fourth-order valence-corrected chi connectivity index (χ4v) is 2.03. The minimum Gasteiger partial charge on any atom is -0.481 e. The number of carbonyl (C=O) groups is 1. The van der Waals surface area contributed by atoms with Gasteiger partial charge in [-0.05, 0) is 51.3 Å². The molecule has 4 nitrogen and oxygen atoms in total. The number of aliphatic carboxylic acids is 1. The fraction of sp³-hybridized carbons (Fsp3) is 0.533. The molecule has 1 aromatic carbocycles. The minimum absolute atomic E-state index is 0.108. The normalized spacial score (nSPS) is 11.2. The number of benzene rings is 1. The molecule has 0 saturated heterocycles. The summed E-state index contributed by atoms with van der Waals surface area (Å²) >= 11 is 0. The summed E-state index contributed by atoms with van der Waals surface area (Å²) in [7, 11) is 4.02. The van der Waals surface area contributed by atoms with Crippen molar-refractivity contribution >= 4 is 5.97 Å². The largest absolute Gasteiger partial charge is 0.481 e. The molecule has 0 aliphatic rings. The molecule has 0 radical (unpaired) electrons. The van der Waals surface area contributed by atoms with E-state index >= 15 is 0 Å². The average molecular weight is 282 g/mol. The van der Waals surface area contributed by atoms with E-state index in [-0.39, 0.29) is 12.2 Å². The maximum absolute atomic E-state index is 13.2. The van der Waals surface area contributed by atoms with Gasteiger partial charge in [0, 0.05) is 13.1 Å². The van der Waals surface area contributed by atoms with Gasteiger partial charge in [-0.25, -0.2) is 4.39 Å². The zero-order chi connectivity index (χ0) is 15.0. The lowest BCUT2D eigenvalue weighted by atomic mass is 10.2. The molecular formula is C15H23FN2O2. The van der Waals surface area contributed by atoms with Crippen molar-refractivity contribution in [2.24, 2.45) is 0 Å². The second-order valence-corrected chi connectivity index (χ2v) is 5.21. The number of nitrogens with zero attached hydrogens (tertiary/aromatic N) is 2. The van der Waals surface area contributed by atoms with Crippen LogP contribution in [-0.4, -0.2) is 54.6 Å². The molecule has 0 unspecified atom stereocenters. The quantitative estimate of drug-likeness (QED) is 0.753. The predicted octanol–water partition coefficient (Wildman–Crippen LogP) is 2.05. The van der Waals surface area contributed by atoms with Crippen LogP contribution in [0.4, 0.5) is 4.39 Å². The summed E-state index contributed by atoms with van der Waals surface area (Å²) in [6, 6.07) is 6.46. The molecule has 0 bridgehead atoms. The molecule has 0 aromatic heterocycles. The topological polar surface area (TPSA) is 43.8 Å². The van der Waals surface area contributed by atoms with Crippen molar-refractivity contribution in [3.8, 4) is 0 Å². The van der Waals surface area contributed by atoms with Gasteiger partial charge in [-0.2, -0.15) is 0 Å². The van der Waals surface area contributed by atoms with Crippen LogP contribution in [0, 0.1) is 5.82 Å². The van der Waals surface area contributed by atoms with E-state index in [1.165, 1.54) is 12.1 Å². The van der Waals surface area contributed by atoms with Crippen molar-refractivity contribution in [2.45, 2.75) is 19.4 Å². The van der Waals surface area contributed by atoms with Crippen molar-refractivity contribution in [3.05, 3.63) is 35.6 Å². The molecular weight excluding hydrogens is 259 g/mol. The molecule has 1 aromatic rings. The van der Waals surface area contributed by atoms with E-state index in [4.69, 9.17) is 5.11 Å². The Morgan fingerprint density at radius 3 is 2.60 bits per heavy atom. The average Bonchev–Trinajstić information content (AvgIpc) is 2.35. The smallest absolute Gasteiger partial charge is 0.304 e. The number of halogens is 1. The molecule has 0 atom stereocenters. The van der Waals surface area contributed by atoms with E-state index < -0.39 is 5.97 Å². The highest BCUT2D eigenvalue weighted by atomic mass is 19.1. The van der Waals surface area contributed by atoms with Crippen molar-refractivity contribution in [3.63, 3.8) is 0 Å². The molecule has 0 heterocycles. The Kier molecular flexibility index (Phi) is 7.18. The van der Waals surface area contributed by atoms with Crippen LogP contribution in [0.2, 0.25) is 0 Å². The molecule has 0 saturated carbocycles. The SMILES string of the molecule is CN(C)CCCN(CCC(=O)O)Cc1cccc(F)c1. The monoisotopic (exact) mass is 282 g/mol. The van der Waals surface area contributed by atoms with Gasteiger partial charge in [0.25, 0.3) is 0 Å². The second-order valence-electron chi connectivity index (χ2n) is 5.21. The summed E-state index contributed by atoms with van der Waals surface area (Å²) in [6.45, 7) is 2.83. The van der Waals surface area contributed by atoms with Gasteiger partial charge >= 0.3 is 5.97 Å². The highest BCUT2D eigenvalue weighted by Gasteiger charge is 2.09. The van der Waals surface area contributed by atoms with Crippen LogP contribution in [-0.2, 0) is 11.3 Å². The van der Waals surface area contributed by atoms with Gasteiger partial charge in [-0.3, -0.25) is 9.69 Å². The van der Waals surface area contributed by atoms with Crippen LogP contribution >= 0.6 is 0 Å². The first-order valence-corrected chi connectivity index (χ1v) is 6.80. The first kappa shape index (κ1) is 16.6. The number of rotatable bonds is 9. The minimum atomic E-state index is -0.804. The first-order chi connectivity index (χ1) is 9.47. The Hall–Kier alpha value is -1.46. The molecule has 1 rings (SSSR count). The van der Waals surface area contributed by atoms with Gasteiger partial charge in [0.1, 0.15) is 5.82 Å². The second kappa shape index (κ2) is 8.66. The van der Waals surface area contributed by atoms with Crippen molar-refractivity contribution in [2.75, 3.05) is 33.7 Å². The van der Waals surface area contributed by atoms with E-state index in [1.807, 2.05) is 20.2 Å². The summed E-state index contributed by atoms with van der Waals surface area (Å²) in [4.78, 5) is 14.9. The zero-order valence-corrected chi connectivity index (χ0v) is 12.2. The summed E-state index contributed by atoms with van der Waals surface area (Å²) in [5, 5.41) is 8.79. The summed E-state index contributed by atoms with van der Waals surface area (Å²) < 4.78 is 13.2. The van der Waals surface area contributed by atoms with E-state index in [2.05, 4.69) is 9.80 Å². The Labute approximate surface area is 119 Å². The third-order valence-electron chi connectivity index (χ3n) is 3.02. The van der Waals surface area contributed by atoms with Crippen LogP contribution in [0.25, 0.3) is 0 Å². The summed E-state index contributed by atoms with van der Waals surface area (Å²) in [6.07, 6.45) is 1.07. The van der Waals surface area contributed by atoms with Crippen LogP contribution in [0.3, 0.4) is 0 Å². The van der Waals surface area contributed by atoms with Gasteiger partial charge in [0.2, 0.25) is 0 Å². The Balaban J connectivity index is 2.54. The molecule has 1 N–H and O–H groups in total. The van der Waals surface area contributed by atoms with Gasteiger partial charge in [-0.1, -0.05) is 12.1 Å². The third kappa shape index (κ3) is 7.21. The predicted molar refractivity (Wildman–Crippen MR) is 77.1 cm³/mol. The molecule has 20 heavy (non-hydrogen) atoms. The highest BCUT2D eigenvalue weighted by molar-refractivity contribution is 5.66. The van der Waals surface area contributed by atoms with E-state index in [0.29, 0.717) is 13.1 Å². The lowest BCUT2D eigenvalue weighted by molar-refractivity contribution is -0.137. The van der Waals surface area contributed by atoms with E-state index in [9.17, 15) is 9.18 Å². The molecule has 0 spiro atoms. The molecule has 112 valence electrons. The standard InChI is InChI=1S/C15H23FN2O2/c1-17(2)8-4-9-18(10-7-15(19)20)12-13-5-3-6-14(16)11-13/h3,5-6,11H,4,7-10,12H2,1-2H3,(H,19,20). The Morgan fingerprint density at radius 2 is 2.00 bits per heavy atom. The van der Waals surface area contributed by atoms with Crippen molar-refractivity contribution in [1.29, 1.82) is 0 Å². The highest BCUT2D eigenvalue weighted by Crippen LogP contribution is 2.08. The molecule has 5 heteroatoms. The Morgan fingerprint density at radius 1 is 1.25 bits per heavy atom. The van der Waals surface area contributed by atoms with Gasteiger partial charge in [0.15, 0.2) is 0 Å². The van der Waals surface area contributed by atoms with Crippen LogP contribution in [0.15, 0.2) is 24.3 Å². The van der Waals surface area contributed by atoms with E-state index in [0.717, 1.165) is 25.1 Å². The van der Waals surface area contributed by atoms with Crippen molar-refractivity contribution < 1.29 is 14.3 Å². The molecule has 0 aliphatic carbocycles. The van der Waals surface area contributed by atoms with Crippen molar-refractivity contribution in [1.82, 2.24) is 9.80 Å². The third-order valence-corrected chi connectivity index (χ3v) is 3.02. The van der Waals surface area contributed by atoms with E-state index in [1.54, 1.807) is 6.07 Å². The van der Waals surface area contributed by atoms with Gasteiger partial charge in [-0.15, -0.1) is 0 Å². The Bertz CT molecular complexity index is 424. The first-order valence-electron chi connectivity index (χ1n) is 6.80. The summed E-state index contributed by atoms with van der Waals surface area (Å²) in [5.74, 6) is -1.06. The number of carboxylic acid groups (broad SMARTS) is 1. The van der Waals surface area contributed by atoms with Crippen LogP contribution < -0.4 is 0 Å². The number of hydrogen-bond acceptors (Lipinski definition) is 3. The lowest BCUT2D eigenvalue weighted by Gasteiger charge is -2.22. The number of hydrogen-bond donors (Lipinski definition) is 1. The lowest BCUT2D eigenvalue weighted by Crippen LogP contribution is -2.29. The molecule has 0 aliphatic heterocycles. The molecule has 0 fully saturated rings. The van der Waals surface area contributed by atoms with Gasteiger partial charge in [0.05, 0.1) is 6.42 Å². The maximum Gasteiger partial charge on any atom is 0.304 e. The number of carboxylic acids is 1. The maximum atomic E-state index is 13.2. The van der Waals surface area contributed by atoms with Gasteiger partial charge < -0.3 is 10.0 Å². The summed E-state index contributed by atoms with van der Waals surface area (Å²) in [5.41, 5.74) is 0.875. The fourth-order valence-electron chi connectivity index (χ4n) is 2.03.